The fourth-order valence-electron chi connectivity index (χ4n) is 3.31. The number of carbonyl (C=O) groups is 4. The Balaban J connectivity index is 1.87. The molecule has 8 heteroatoms. The first-order valence-corrected chi connectivity index (χ1v) is 10.0. The van der Waals surface area contributed by atoms with Gasteiger partial charge in [0.15, 0.2) is 0 Å². The summed E-state index contributed by atoms with van der Waals surface area (Å²) in [6.07, 6.45) is 0.712. The molecular formula is C25H22N2O6. The van der Waals surface area contributed by atoms with E-state index in [2.05, 4.69) is 10.6 Å². The number of hydrogen-bond acceptors (Lipinski definition) is 4. The van der Waals surface area contributed by atoms with Gasteiger partial charge in [0.05, 0.1) is 22.3 Å². The number of nitrogens with one attached hydrogen (secondary N) is 2. The lowest BCUT2D eigenvalue weighted by atomic mass is 9.97. The smallest absolute Gasteiger partial charge is 0.336 e. The van der Waals surface area contributed by atoms with E-state index in [0.717, 1.165) is 23.3 Å². The summed E-state index contributed by atoms with van der Waals surface area (Å²) in [4.78, 5) is 48.1. The molecule has 3 aromatic carbocycles. The van der Waals surface area contributed by atoms with Crippen LogP contribution in [-0.2, 0) is 6.42 Å². The fraction of sp³-hybridized carbons (Fsp3) is 0.120. The second-order valence-electron chi connectivity index (χ2n) is 7.45. The molecule has 0 fully saturated rings. The number of anilines is 1. The van der Waals surface area contributed by atoms with Gasteiger partial charge >= 0.3 is 11.9 Å². The SMILES string of the molecule is CNC(=O)c1cc(C(=O)Nc2ccc(Cc3ccc(C)cc3)cc2)c(C(=O)O)cc1C(=O)O. The highest BCUT2D eigenvalue weighted by Gasteiger charge is 2.25. The molecule has 0 radical (unpaired) electrons. The van der Waals surface area contributed by atoms with E-state index in [9.17, 15) is 29.4 Å². The van der Waals surface area contributed by atoms with Gasteiger partial charge in [0.1, 0.15) is 0 Å². The molecule has 0 aliphatic heterocycles. The molecule has 0 spiro atoms. The van der Waals surface area contributed by atoms with Crippen molar-refractivity contribution in [2.24, 2.45) is 0 Å². The van der Waals surface area contributed by atoms with E-state index >= 15 is 0 Å². The van der Waals surface area contributed by atoms with Crippen molar-refractivity contribution in [2.75, 3.05) is 12.4 Å². The Labute approximate surface area is 189 Å². The van der Waals surface area contributed by atoms with Gasteiger partial charge in [-0.05, 0) is 48.7 Å². The standard InChI is InChI=1S/C25H22N2O6/c1-14-3-5-15(6-4-14)11-16-7-9-17(10-8-16)27-23(29)19-12-18(22(28)26-2)20(24(30)31)13-21(19)25(32)33/h3-10,12-13H,11H2,1-2H3,(H,26,28)(H,27,29)(H,30,31)(H,32,33). The second-order valence-corrected chi connectivity index (χ2v) is 7.45. The van der Waals surface area contributed by atoms with Gasteiger partial charge in [0.25, 0.3) is 11.8 Å². The number of rotatable bonds is 7. The summed E-state index contributed by atoms with van der Waals surface area (Å²) in [7, 11) is 1.30. The summed E-state index contributed by atoms with van der Waals surface area (Å²) < 4.78 is 0. The van der Waals surface area contributed by atoms with Gasteiger partial charge in [-0.3, -0.25) is 9.59 Å². The van der Waals surface area contributed by atoms with Crippen LogP contribution in [0.4, 0.5) is 5.69 Å². The number of carboxylic acids is 2. The van der Waals surface area contributed by atoms with E-state index in [1.807, 2.05) is 43.3 Å². The molecule has 0 aliphatic rings. The van der Waals surface area contributed by atoms with Crippen LogP contribution < -0.4 is 10.6 Å². The molecule has 4 N–H and O–H groups in total. The molecule has 168 valence electrons. The summed E-state index contributed by atoms with van der Waals surface area (Å²) >= 11 is 0. The molecule has 33 heavy (non-hydrogen) atoms. The van der Waals surface area contributed by atoms with Crippen molar-refractivity contribution in [3.05, 3.63) is 99.6 Å². The molecule has 0 aromatic heterocycles. The largest absolute Gasteiger partial charge is 0.478 e. The van der Waals surface area contributed by atoms with Crippen LogP contribution in [0.25, 0.3) is 0 Å². The van der Waals surface area contributed by atoms with Crippen molar-refractivity contribution in [1.82, 2.24) is 5.32 Å². The van der Waals surface area contributed by atoms with Crippen LogP contribution in [0.2, 0.25) is 0 Å². The molecule has 2 amide bonds. The van der Waals surface area contributed by atoms with Crippen molar-refractivity contribution in [3.8, 4) is 0 Å². The summed E-state index contributed by atoms with van der Waals surface area (Å²) in [6, 6.07) is 17.0. The minimum atomic E-state index is -1.49. The third-order valence-electron chi connectivity index (χ3n) is 5.08. The molecule has 0 aliphatic carbocycles. The molecule has 0 bridgehead atoms. The monoisotopic (exact) mass is 446 g/mol. The molecule has 3 rings (SSSR count). The van der Waals surface area contributed by atoms with Crippen molar-refractivity contribution in [1.29, 1.82) is 0 Å². The van der Waals surface area contributed by atoms with E-state index in [1.165, 1.54) is 12.6 Å². The van der Waals surface area contributed by atoms with Crippen molar-refractivity contribution in [3.63, 3.8) is 0 Å². The number of hydrogen-bond donors (Lipinski definition) is 4. The van der Waals surface area contributed by atoms with Crippen LogP contribution in [0.1, 0.15) is 58.1 Å². The first-order chi connectivity index (χ1) is 15.7. The van der Waals surface area contributed by atoms with Gasteiger partial charge in [-0.2, -0.15) is 0 Å². The average molecular weight is 446 g/mol. The quantitative estimate of drug-likeness (QED) is 0.438. The summed E-state index contributed by atoms with van der Waals surface area (Å²) in [5.41, 5.74) is 2.10. The van der Waals surface area contributed by atoms with E-state index in [1.54, 1.807) is 12.1 Å². The van der Waals surface area contributed by atoms with Gasteiger partial charge in [-0.25, -0.2) is 9.59 Å². The Morgan fingerprint density at radius 1 is 0.697 bits per heavy atom. The van der Waals surface area contributed by atoms with Crippen molar-refractivity contribution < 1.29 is 29.4 Å². The molecule has 0 saturated carbocycles. The van der Waals surface area contributed by atoms with Gasteiger partial charge in [-0.15, -0.1) is 0 Å². The van der Waals surface area contributed by atoms with Gasteiger partial charge in [-0.1, -0.05) is 42.0 Å². The molecule has 0 saturated heterocycles. The Bertz CT molecular complexity index is 1230. The van der Waals surface area contributed by atoms with Crippen LogP contribution in [0.15, 0.2) is 60.7 Å². The van der Waals surface area contributed by atoms with Gasteiger partial charge < -0.3 is 20.8 Å². The lowest BCUT2D eigenvalue weighted by Crippen LogP contribution is -2.24. The average Bonchev–Trinajstić information content (AvgIpc) is 2.80. The molecule has 3 aromatic rings. The molecule has 0 unspecified atom stereocenters. The van der Waals surface area contributed by atoms with E-state index in [-0.39, 0.29) is 11.1 Å². The van der Waals surface area contributed by atoms with E-state index in [0.29, 0.717) is 12.1 Å². The fourth-order valence-corrected chi connectivity index (χ4v) is 3.31. The predicted octanol–water partition coefficient (Wildman–Crippen LogP) is 3.59. The highest BCUT2D eigenvalue weighted by atomic mass is 16.4. The lowest BCUT2D eigenvalue weighted by Gasteiger charge is -2.12. The highest BCUT2D eigenvalue weighted by molar-refractivity contribution is 6.14. The first kappa shape index (κ1) is 23.2. The maximum atomic E-state index is 12.8. The molecular weight excluding hydrogens is 424 g/mol. The van der Waals surface area contributed by atoms with E-state index in [4.69, 9.17) is 0 Å². The van der Waals surface area contributed by atoms with E-state index < -0.39 is 34.9 Å². The van der Waals surface area contributed by atoms with Crippen molar-refractivity contribution in [2.45, 2.75) is 13.3 Å². The zero-order valence-electron chi connectivity index (χ0n) is 18.0. The van der Waals surface area contributed by atoms with Crippen LogP contribution in [-0.4, -0.2) is 41.0 Å². The van der Waals surface area contributed by atoms with Crippen LogP contribution in [0.5, 0.6) is 0 Å². The molecule has 8 nitrogen and oxygen atoms in total. The van der Waals surface area contributed by atoms with Crippen molar-refractivity contribution >= 4 is 29.4 Å². The summed E-state index contributed by atoms with van der Waals surface area (Å²) in [6.45, 7) is 2.02. The summed E-state index contributed by atoms with van der Waals surface area (Å²) in [5.74, 6) is -4.49. The number of aryl methyl sites for hydroxylation is 1. The maximum Gasteiger partial charge on any atom is 0.336 e. The van der Waals surface area contributed by atoms with Crippen LogP contribution in [0, 0.1) is 6.92 Å². The minimum Gasteiger partial charge on any atom is -0.478 e. The number of amides is 2. The zero-order chi connectivity index (χ0) is 24.1. The third kappa shape index (κ3) is 5.43. The highest BCUT2D eigenvalue weighted by Crippen LogP contribution is 2.21. The predicted molar refractivity (Wildman–Crippen MR) is 122 cm³/mol. The Hall–Kier alpha value is -4.46. The lowest BCUT2D eigenvalue weighted by molar-refractivity contribution is 0.0689. The number of carboxylic acid groups (broad SMARTS) is 2. The Kier molecular flexibility index (Phi) is 6.88. The normalized spacial score (nSPS) is 10.4. The Morgan fingerprint density at radius 2 is 1.15 bits per heavy atom. The minimum absolute atomic E-state index is 0.311. The summed E-state index contributed by atoms with van der Waals surface area (Å²) in [5, 5.41) is 23.7. The van der Waals surface area contributed by atoms with Gasteiger partial charge in [0.2, 0.25) is 0 Å². The van der Waals surface area contributed by atoms with Crippen LogP contribution >= 0.6 is 0 Å². The Morgan fingerprint density at radius 3 is 1.64 bits per heavy atom. The maximum absolute atomic E-state index is 12.8. The van der Waals surface area contributed by atoms with Gasteiger partial charge in [0, 0.05) is 12.7 Å². The number of benzene rings is 3. The molecule has 0 atom stereocenters. The van der Waals surface area contributed by atoms with Crippen LogP contribution in [0.3, 0.4) is 0 Å². The second kappa shape index (κ2) is 9.78. The number of carbonyl (C=O) groups excluding carboxylic acids is 2. The zero-order valence-corrected chi connectivity index (χ0v) is 18.0. The first-order valence-electron chi connectivity index (χ1n) is 10.0. The topological polar surface area (TPSA) is 133 Å². The molecule has 0 heterocycles. The third-order valence-corrected chi connectivity index (χ3v) is 5.08. The number of aromatic carboxylic acids is 2.